The topological polar surface area (TPSA) is 66.8 Å². The number of ether oxygens (including phenoxy) is 1. The van der Waals surface area contributed by atoms with E-state index in [1.54, 1.807) is 24.3 Å². The predicted molar refractivity (Wildman–Crippen MR) is 49.8 cm³/mol. The van der Waals surface area contributed by atoms with E-state index in [4.69, 9.17) is 9.84 Å². The lowest BCUT2D eigenvalue weighted by molar-refractivity contribution is -0.131. The van der Waals surface area contributed by atoms with Crippen molar-refractivity contribution in [1.29, 1.82) is 0 Å². The molecule has 0 aliphatic heterocycles. The molecule has 0 spiro atoms. The van der Waals surface area contributed by atoms with E-state index in [1.165, 1.54) is 6.92 Å². The summed E-state index contributed by atoms with van der Waals surface area (Å²) < 4.78 is 4.80. The van der Waals surface area contributed by atoms with E-state index in [1.807, 2.05) is 0 Å². The van der Waals surface area contributed by atoms with Crippen LogP contribution in [0.2, 0.25) is 0 Å². The standard InChI is InChI=1S/C10H12O4/c1-7(12)14-9-4-2-8(3-5-9)10(13)6-11/h2-5,10-11,13H,6H2,1H3/t10-/m0/s1. The van der Waals surface area contributed by atoms with Gasteiger partial charge in [-0.1, -0.05) is 12.1 Å². The summed E-state index contributed by atoms with van der Waals surface area (Å²) in [5, 5.41) is 17.9. The molecule has 76 valence electrons. The molecular weight excluding hydrogens is 184 g/mol. The summed E-state index contributed by atoms with van der Waals surface area (Å²) in [6.45, 7) is 0.989. The van der Waals surface area contributed by atoms with Gasteiger partial charge in [-0.05, 0) is 17.7 Å². The van der Waals surface area contributed by atoms with E-state index >= 15 is 0 Å². The Morgan fingerprint density at radius 3 is 2.43 bits per heavy atom. The molecule has 0 bridgehead atoms. The zero-order valence-electron chi connectivity index (χ0n) is 7.80. The van der Waals surface area contributed by atoms with Crippen molar-refractivity contribution in [3.8, 4) is 5.75 Å². The fourth-order valence-electron chi connectivity index (χ4n) is 1.03. The maximum Gasteiger partial charge on any atom is 0.308 e. The first-order valence-corrected chi connectivity index (χ1v) is 4.21. The van der Waals surface area contributed by atoms with Crippen LogP contribution >= 0.6 is 0 Å². The van der Waals surface area contributed by atoms with Crippen LogP contribution in [0, 0.1) is 0 Å². The van der Waals surface area contributed by atoms with E-state index in [2.05, 4.69) is 0 Å². The fourth-order valence-corrected chi connectivity index (χ4v) is 1.03. The number of esters is 1. The number of hydrogen-bond donors (Lipinski definition) is 2. The molecule has 1 aromatic rings. The molecule has 1 rings (SSSR count). The zero-order chi connectivity index (χ0) is 10.6. The van der Waals surface area contributed by atoms with Gasteiger partial charge in [-0.3, -0.25) is 4.79 Å². The summed E-state index contributed by atoms with van der Waals surface area (Å²) in [7, 11) is 0. The van der Waals surface area contributed by atoms with Crippen molar-refractivity contribution in [3.05, 3.63) is 29.8 Å². The second kappa shape index (κ2) is 4.74. The molecule has 4 nitrogen and oxygen atoms in total. The number of hydrogen-bond acceptors (Lipinski definition) is 4. The molecule has 0 amide bonds. The second-order valence-corrected chi connectivity index (χ2v) is 2.86. The molecule has 0 aliphatic carbocycles. The van der Waals surface area contributed by atoms with Crippen LogP contribution in [0.25, 0.3) is 0 Å². The molecule has 0 heterocycles. The number of rotatable bonds is 3. The molecule has 2 N–H and O–H groups in total. The monoisotopic (exact) mass is 196 g/mol. The highest BCUT2D eigenvalue weighted by atomic mass is 16.5. The molecular formula is C10H12O4. The van der Waals surface area contributed by atoms with E-state index in [0.29, 0.717) is 11.3 Å². The highest BCUT2D eigenvalue weighted by molar-refractivity contribution is 5.69. The van der Waals surface area contributed by atoms with Gasteiger partial charge in [-0.2, -0.15) is 0 Å². The lowest BCUT2D eigenvalue weighted by Gasteiger charge is -2.07. The average Bonchev–Trinajstić information content (AvgIpc) is 2.17. The predicted octanol–water partition coefficient (Wildman–Crippen LogP) is 0.638. The van der Waals surface area contributed by atoms with Crippen molar-refractivity contribution in [2.45, 2.75) is 13.0 Å². The molecule has 0 aliphatic rings. The van der Waals surface area contributed by atoms with Gasteiger partial charge in [0.25, 0.3) is 0 Å². The van der Waals surface area contributed by atoms with Gasteiger partial charge in [0, 0.05) is 6.92 Å². The Labute approximate surface area is 81.8 Å². The molecule has 14 heavy (non-hydrogen) atoms. The smallest absolute Gasteiger partial charge is 0.308 e. The van der Waals surface area contributed by atoms with E-state index in [9.17, 15) is 9.90 Å². The summed E-state index contributed by atoms with van der Waals surface area (Å²) in [5.41, 5.74) is 0.586. The van der Waals surface area contributed by atoms with Gasteiger partial charge in [0.1, 0.15) is 11.9 Å². The first kappa shape index (κ1) is 10.7. The first-order chi connectivity index (χ1) is 6.63. The third-order valence-corrected chi connectivity index (χ3v) is 1.70. The summed E-state index contributed by atoms with van der Waals surface area (Å²) in [4.78, 5) is 10.6. The maximum atomic E-state index is 10.6. The maximum absolute atomic E-state index is 10.6. The highest BCUT2D eigenvalue weighted by Crippen LogP contribution is 2.17. The first-order valence-electron chi connectivity index (χ1n) is 4.21. The summed E-state index contributed by atoms with van der Waals surface area (Å²) in [6.07, 6.45) is -0.888. The second-order valence-electron chi connectivity index (χ2n) is 2.86. The van der Waals surface area contributed by atoms with Crippen LogP contribution in [0.3, 0.4) is 0 Å². The Bertz CT molecular complexity index is 304. The van der Waals surface area contributed by atoms with Gasteiger partial charge in [-0.15, -0.1) is 0 Å². The van der Waals surface area contributed by atoms with Crippen molar-refractivity contribution in [1.82, 2.24) is 0 Å². The number of benzene rings is 1. The number of aliphatic hydroxyl groups is 2. The average molecular weight is 196 g/mol. The molecule has 0 unspecified atom stereocenters. The lowest BCUT2D eigenvalue weighted by Crippen LogP contribution is -2.04. The SMILES string of the molecule is CC(=O)Oc1ccc([C@@H](O)CO)cc1. The summed E-state index contributed by atoms with van der Waals surface area (Å²) in [6, 6.07) is 6.32. The number of carbonyl (C=O) groups excluding carboxylic acids is 1. The van der Waals surface area contributed by atoms with Crippen molar-refractivity contribution in [2.24, 2.45) is 0 Å². The third kappa shape index (κ3) is 2.83. The Morgan fingerprint density at radius 1 is 1.43 bits per heavy atom. The molecule has 0 radical (unpaired) electrons. The van der Waals surface area contributed by atoms with Gasteiger partial charge < -0.3 is 14.9 Å². The normalized spacial score (nSPS) is 12.2. The van der Waals surface area contributed by atoms with Gasteiger partial charge in [0.05, 0.1) is 6.61 Å². The molecule has 0 aromatic heterocycles. The van der Waals surface area contributed by atoms with Crippen LogP contribution in [-0.4, -0.2) is 22.8 Å². The van der Waals surface area contributed by atoms with Crippen LogP contribution in [0.15, 0.2) is 24.3 Å². The van der Waals surface area contributed by atoms with Crippen LogP contribution in [0.5, 0.6) is 5.75 Å². The van der Waals surface area contributed by atoms with Crippen molar-refractivity contribution < 1.29 is 19.7 Å². The molecule has 4 heteroatoms. The largest absolute Gasteiger partial charge is 0.427 e. The van der Waals surface area contributed by atoms with E-state index in [-0.39, 0.29) is 12.6 Å². The Balaban J connectivity index is 2.73. The van der Waals surface area contributed by atoms with Gasteiger partial charge in [0.15, 0.2) is 0 Å². The van der Waals surface area contributed by atoms with Crippen molar-refractivity contribution in [3.63, 3.8) is 0 Å². The van der Waals surface area contributed by atoms with E-state index < -0.39 is 6.10 Å². The van der Waals surface area contributed by atoms with Crippen LogP contribution in [0.1, 0.15) is 18.6 Å². The Hall–Kier alpha value is -1.39. The summed E-state index contributed by atoms with van der Waals surface area (Å²) >= 11 is 0. The van der Waals surface area contributed by atoms with Gasteiger partial charge >= 0.3 is 5.97 Å². The zero-order valence-corrected chi connectivity index (χ0v) is 7.80. The fraction of sp³-hybridized carbons (Fsp3) is 0.300. The molecule has 0 saturated carbocycles. The summed E-state index contributed by atoms with van der Waals surface area (Å²) in [5.74, 6) is 0.0341. The number of carbonyl (C=O) groups is 1. The molecule has 1 atom stereocenters. The number of aliphatic hydroxyl groups excluding tert-OH is 2. The van der Waals surface area contributed by atoms with Crippen LogP contribution in [0.4, 0.5) is 0 Å². The molecule has 0 saturated heterocycles. The highest BCUT2D eigenvalue weighted by Gasteiger charge is 2.05. The third-order valence-electron chi connectivity index (χ3n) is 1.70. The van der Waals surface area contributed by atoms with Crippen LogP contribution in [-0.2, 0) is 4.79 Å². The molecule has 1 aromatic carbocycles. The van der Waals surface area contributed by atoms with Crippen molar-refractivity contribution >= 4 is 5.97 Å². The van der Waals surface area contributed by atoms with Gasteiger partial charge in [0.2, 0.25) is 0 Å². The van der Waals surface area contributed by atoms with Crippen molar-refractivity contribution in [2.75, 3.05) is 6.61 Å². The molecule has 0 fully saturated rings. The Kier molecular flexibility index (Phi) is 3.62. The lowest BCUT2D eigenvalue weighted by atomic mass is 10.1. The quantitative estimate of drug-likeness (QED) is 0.550. The van der Waals surface area contributed by atoms with E-state index in [0.717, 1.165) is 0 Å². The minimum Gasteiger partial charge on any atom is -0.427 e. The minimum absolute atomic E-state index is 0.326. The van der Waals surface area contributed by atoms with Gasteiger partial charge in [-0.25, -0.2) is 0 Å². The minimum atomic E-state index is -0.888. The Morgan fingerprint density at radius 2 is 2.00 bits per heavy atom. The van der Waals surface area contributed by atoms with Crippen LogP contribution < -0.4 is 4.74 Å².